The van der Waals surface area contributed by atoms with Gasteiger partial charge in [0.15, 0.2) is 0 Å². The number of primary sulfonamides is 1. The van der Waals surface area contributed by atoms with Crippen molar-refractivity contribution in [3.8, 4) is 0 Å². The third-order valence-electron chi connectivity index (χ3n) is 1.20. The van der Waals surface area contributed by atoms with Crippen LogP contribution in [-0.2, 0) is 10.0 Å². The van der Waals surface area contributed by atoms with Crippen LogP contribution in [0.3, 0.4) is 0 Å². The van der Waals surface area contributed by atoms with Crippen LogP contribution in [-0.4, -0.2) is 23.0 Å². The summed E-state index contributed by atoms with van der Waals surface area (Å²) in [5, 5.41) is 8.56. The van der Waals surface area contributed by atoms with Crippen molar-refractivity contribution in [2.75, 3.05) is 0 Å². The summed E-state index contributed by atoms with van der Waals surface area (Å²) in [4.78, 5) is 4.36. The van der Waals surface area contributed by atoms with Gasteiger partial charge < -0.3 is 0 Å². The molecule has 0 radical (unpaired) electrons. The molecule has 0 aliphatic carbocycles. The Labute approximate surface area is 88.2 Å². The first-order chi connectivity index (χ1) is 5.57. The molecule has 0 aliphatic heterocycles. The molecule has 2 N–H and O–H groups in total. The molecule has 0 saturated carbocycles. The molecule has 0 aliphatic rings. The van der Waals surface area contributed by atoms with Gasteiger partial charge in [-0.15, -0.1) is 22.1 Å². The largest absolute Gasteiger partial charge is 0.267 e. The van der Waals surface area contributed by atoms with Gasteiger partial charge in [0.1, 0.15) is 0 Å². The van der Waals surface area contributed by atoms with Crippen molar-refractivity contribution in [2.24, 2.45) is 5.14 Å². The first kappa shape index (κ1) is 10.6. The van der Waals surface area contributed by atoms with E-state index in [0.29, 0.717) is 4.96 Å². The fourth-order valence-electron chi connectivity index (χ4n) is 0.734. The van der Waals surface area contributed by atoms with Crippen LogP contribution in [0, 0.1) is 0 Å². The highest BCUT2D eigenvalue weighted by atomic mass is 79.9. The lowest BCUT2D eigenvalue weighted by Crippen LogP contribution is -2.11. The summed E-state index contributed by atoms with van der Waals surface area (Å²) in [6, 6.07) is 0. The Hall–Kier alpha value is -0.510. The average molecular weight is 285 g/mol. The summed E-state index contributed by atoms with van der Waals surface area (Å²) in [6.07, 6.45) is 3.09. The molecule has 0 bridgehead atoms. The van der Waals surface area contributed by atoms with Crippen LogP contribution in [0.1, 0.15) is 0 Å². The number of imidazole rings is 1. The molecule has 0 spiro atoms. The standard InChI is InChI=1S/C4H4N4O2S2.BrH/c5-12(9,10)4-7-8-2-1-6-3(8)11-4;/h1-2H,(H2,5,9,10);1H. The van der Waals surface area contributed by atoms with E-state index in [4.69, 9.17) is 5.14 Å². The molecule has 2 rings (SSSR count). The number of rotatable bonds is 1. The smallest absolute Gasteiger partial charge is 0.226 e. The molecule has 0 fully saturated rings. The quantitative estimate of drug-likeness (QED) is 0.799. The van der Waals surface area contributed by atoms with E-state index < -0.39 is 10.0 Å². The summed E-state index contributed by atoms with van der Waals surface area (Å²) in [5.74, 6) is 0. The summed E-state index contributed by atoms with van der Waals surface area (Å²) >= 11 is 0.939. The maximum Gasteiger partial charge on any atom is 0.267 e. The number of halogens is 1. The molecule has 2 heterocycles. The van der Waals surface area contributed by atoms with Gasteiger partial charge in [0.05, 0.1) is 6.20 Å². The zero-order valence-electron chi connectivity index (χ0n) is 6.11. The van der Waals surface area contributed by atoms with Crippen LogP contribution < -0.4 is 5.14 Å². The lowest BCUT2D eigenvalue weighted by atomic mass is 11.0. The summed E-state index contributed by atoms with van der Waals surface area (Å²) in [7, 11) is -3.69. The summed E-state index contributed by atoms with van der Waals surface area (Å²) in [6.45, 7) is 0. The van der Waals surface area contributed by atoms with Crippen molar-refractivity contribution in [1.82, 2.24) is 14.6 Å². The van der Waals surface area contributed by atoms with Gasteiger partial charge in [-0.25, -0.2) is 23.1 Å². The number of fused-ring (bicyclic) bond motifs is 1. The van der Waals surface area contributed by atoms with E-state index >= 15 is 0 Å². The van der Waals surface area contributed by atoms with E-state index in [0.717, 1.165) is 11.3 Å². The predicted molar refractivity (Wildman–Crippen MR) is 52.6 cm³/mol. The highest BCUT2D eigenvalue weighted by Crippen LogP contribution is 2.15. The Balaban J connectivity index is 0.000000845. The zero-order chi connectivity index (χ0) is 8.77. The van der Waals surface area contributed by atoms with Crippen LogP contribution in [0.25, 0.3) is 4.96 Å². The van der Waals surface area contributed by atoms with Crippen molar-refractivity contribution in [3.05, 3.63) is 12.4 Å². The second-order valence-corrected chi connectivity index (χ2v) is 4.76. The molecule has 0 saturated heterocycles. The Morgan fingerprint density at radius 2 is 2.23 bits per heavy atom. The van der Waals surface area contributed by atoms with Crippen LogP contribution in [0.5, 0.6) is 0 Å². The fraction of sp³-hybridized carbons (Fsp3) is 0. The minimum absolute atomic E-state index is 0. The SMILES string of the molecule is Br.NS(=O)(=O)c1nn2ccnc2s1. The molecule has 13 heavy (non-hydrogen) atoms. The zero-order valence-corrected chi connectivity index (χ0v) is 9.46. The van der Waals surface area contributed by atoms with Gasteiger partial charge in [-0.3, -0.25) is 0 Å². The molecule has 0 atom stereocenters. The number of sulfonamides is 1. The minimum Gasteiger partial charge on any atom is -0.226 e. The molecule has 9 heteroatoms. The van der Waals surface area contributed by atoms with E-state index in [1.54, 1.807) is 6.20 Å². The molecule has 72 valence electrons. The molecule has 0 aromatic carbocycles. The van der Waals surface area contributed by atoms with Gasteiger partial charge in [-0.2, -0.15) is 0 Å². The number of nitrogens with zero attached hydrogens (tertiary/aromatic N) is 3. The van der Waals surface area contributed by atoms with Crippen molar-refractivity contribution in [3.63, 3.8) is 0 Å². The third kappa shape index (κ3) is 1.88. The minimum atomic E-state index is -3.69. The van der Waals surface area contributed by atoms with E-state index in [-0.39, 0.29) is 21.3 Å². The Kier molecular flexibility index (Phi) is 2.71. The monoisotopic (exact) mass is 284 g/mol. The lowest BCUT2D eigenvalue weighted by molar-refractivity contribution is 0.595. The third-order valence-corrected chi connectivity index (χ3v) is 3.45. The van der Waals surface area contributed by atoms with Crippen molar-refractivity contribution in [1.29, 1.82) is 0 Å². The van der Waals surface area contributed by atoms with Crippen LogP contribution in [0.2, 0.25) is 0 Å². The second kappa shape index (κ2) is 3.33. The molecule has 0 unspecified atom stereocenters. The van der Waals surface area contributed by atoms with Crippen molar-refractivity contribution < 1.29 is 8.42 Å². The second-order valence-electron chi connectivity index (χ2n) is 2.07. The van der Waals surface area contributed by atoms with Gasteiger partial charge >= 0.3 is 0 Å². The first-order valence-electron chi connectivity index (χ1n) is 2.90. The molecule has 2 aromatic heterocycles. The van der Waals surface area contributed by atoms with E-state index in [9.17, 15) is 8.42 Å². The highest BCUT2D eigenvalue weighted by Gasteiger charge is 2.14. The Morgan fingerprint density at radius 1 is 1.54 bits per heavy atom. The molecular weight excluding hydrogens is 280 g/mol. The number of hydrogen-bond donors (Lipinski definition) is 1. The molecule has 6 nitrogen and oxygen atoms in total. The van der Waals surface area contributed by atoms with Gasteiger partial charge in [-0.05, 0) is 0 Å². The molecule has 2 aromatic rings. The van der Waals surface area contributed by atoms with Gasteiger partial charge in [0, 0.05) is 6.20 Å². The Bertz CT molecular complexity index is 486. The highest BCUT2D eigenvalue weighted by molar-refractivity contribution is 8.93. The number of nitrogens with two attached hydrogens (primary N) is 1. The Morgan fingerprint density at radius 3 is 2.77 bits per heavy atom. The summed E-state index contributed by atoms with van der Waals surface area (Å²) in [5.41, 5.74) is 0. The fourth-order valence-corrected chi connectivity index (χ4v) is 2.22. The molecular formula is C4H5BrN4O2S2. The van der Waals surface area contributed by atoms with E-state index in [1.807, 2.05) is 0 Å². The van der Waals surface area contributed by atoms with Crippen molar-refractivity contribution >= 4 is 43.3 Å². The topological polar surface area (TPSA) is 90.4 Å². The summed E-state index contributed by atoms with van der Waals surface area (Å²) < 4.78 is 22.8. The van der Waals surface area contributed by atoms with Crippen LogP contribution >= 0.6 is 28.3 Å². The number of hydrogen-bond acceptors (Lipinski definition) is 5. The van der Waals surface area contributed by atoms with Gasteiger partial charge in [0.2, 0.25) is 9.30 Å². The number of aromatic nitrogens is 3. The average Bonchev–Trinajstić information content (AvgIpc) is 2.37. The van der Waals surface area contributed by atoms with Crippen molar-refractivity contribution in [2.45, 2.75) is 4.34 Å². The van der Waals surface area contributed by atoms with Gasteiger partial charge in [-0.1, -0.05) is 11.3 Å². The van der Waals surface area contributed by atoms with E-state index in [1.165, 1.54) is 10.7 Å². The van der Waals surface area contributed by atoms with Crippen LogP contribution in [0.15, 0.2) is 16.7 Å². The first-order valence-corrected chi connectivity index (χ1v) is 5.26. The van der Waals surface area contributed by atoms with Gasteiger partial charge in [0.25, 0.3) is 10.0 Å². The van der Waals surface area contributed by atoms with E-state index in [2.05, 4.69) is 10.1 Å². The normalized spacial score (nSPS) is 11.5. The molecule has 0 amide bonds. The lowest BCUT2D eigenvalue weighted by Gasteiger charge is -1.84. The maximum absolute atomic E-state index is 10.8. The van der Waals surface area contributed by atoms with Crippen LogP contribution in [0.4, 0.5) is 0 Å². The maximum atomic E-state index is 10.8. The predicted octanol–water partition coefficient (Wildman–Crippen LogP) is 0.0161.